The standard InChI is InChI=1S/C6H10O4/c1-4(8)2-5(9)6(10)3-7/h5,7,9H,2-3H2,1H3. The normalized spacial score (nSPS) is 12.7. The molecule has 0 rings (SSSR count). The van der Waals surface area contributed by atoms with Gasteiger partial charge in [0, 0.05) is 6.42 Å². The van der Waals surface area contributed by atoms with Crippen molar-refractivity contribution in [2.45, 2.75) is 19.4 Å². The summed E-state index contributed by atoms with van der Waals surface area (Å²) >= 11 is 0. The molecule has 10 heavy (non-hydrogen) atoms. The van der Waals surface area contributed by atoms with Crippen LogP contribution in [0.2, 0.25) is 0 Å². The molecule has 0 radical (unpaired) electrons. The Morgan fingerprint density at radius 1 is 1.50 bits per heavy atom. The number of aliphatic hydroxyl groups is 2. The number of hydrogen-bond acceptors (Lipinski definition) is 4. The maximum atomic E-state index is 10.4. The number of Topliss-reactive ketones (excluding diaryl/α,β-unsaturated/α-hetero) is 2. The molecule has 0 amide bonds. The number of carbonyl (C=O) groups is 2. The van der Waals surface area contributed by atoms with Crippen LogP contribution in [-0.2, 0) is 9.59 Å². The van der Waals surface area contributed by atoms with Crippen LogP contribution < -0.4 is 0 Å². The van der Waals surface area contributed by atoms with Crippen molar-refractivity contribution in [1.82, 2.24) is 0 Å². The number of hydrogen-bond donors (Lipinski definition) is 2. The van der Waals surface area contributed by atoms with Crippen molar-refractivity contribution in [3.63, 3.8) is 0 Å². The largest absolute Gasteiger partial charge is 0.388 e. The van der Waals surface area contributed by atoms with E-state index in [1.54, 1.807) is 0 Å². The Morgan fingerprint density at radius 2 is 2.00 bits per heavy atom. The van der Waals surface area contributed by atoms with Crippen molar-refractivity contribution in [2.75, 3.05) is 6.61 Å². The SMILES string of the molecule is CC(=O)CC(O)C(=O)CO. The minimum absolute atomic E-state index is 0.209. The van der Waals surface area contributed by atoms with Crippen molar-refractivity contribution in [2.24, 2.45) is 0 Å². The number of carbonyl (C=O) groups excluding carboxylic acids is 2. The molecule has 0 aliphatic carbocycles. The highest BCUT2D eigenvalue weighted by Gasteiger charge is 2.14. The predicted molar refractivity (Wildman–Crippen MR) is 33.4 cm³/mol. The molecule has 0 aliphatic heterocycles. The summed E-state index contributed by atoms with van der Waals surface area (Å²) in [5, 5.41) is 17.0. The molecular formula is C6H10O4. The molecule has 0 aromatic carbocycles. The van der Waals surface area contributed by atoms with Gasteiger partial charge in [-0.1, -0.05) is 0 Å². The van der Waals surface area contributed by atoms with Crippen LogP contribution in [0.4, 0.5) is 0 Å². The van der Waals surface area contributed by atoms with Gasteiger partial charge in [-0.25, -0.2) is 0 Å². The van der Waals surface area contributed by atoms with Crippen LogP contribution in [0.5, 0.6) is 0 Å². The van der Waals surface area contributed by atoms with E-state index >= 15 is 0 Å². The van der Waals surface area contributed by atoms with Gasteiger partial charge in [0.05, 0.1) is 0 Å². The monoisotopic (exact) mass is 146 g/mol. The molecule has 0 saturated heterocycles. The van der Waals surface area contributed by atoms with Gasteiger partial charge in [0.15, 0.2) is 5.78 Å². The third-order valence-electron chi connectivity index (χ3n) is 1.01. The van der Waals surface area contributed by atoms with Gasteiger partial charge in [-0.3, -0.25) is 9.59 Å². The molecule has 0 fully saturated rings. The second-order valence-corrected chi connectivity index (χ2v) is 2.05. The van der Waals surface area contributed by atoms with E-state index in [-0.39, 0.29) is 12.2 Å². The predicted octanol–water partition coefficient (Wildman–Crippen LogP) is -1.11. The zero-order chi connectivity index (χ0) is 8.15. The first-order valence-electron chi connectivity index (χ1n) is 2.89. The Kier molecular flexibility index (Phi) is 3.83. The van der Waals surface area contributed by atoms with Crippen LogP contribution in [0.3, 0.4) is 0 Å². The Balaban J connectivity index is 3.72. The highest BCUT2D eigenvalue weighted by molar-refractivity contribution is 5.89. The second kappa shape index (κ2) is 4.14. The molecule has 0 spiro atoms. The Morgan fingerprint density at radius 3 is 2.30 bits per heavy atom. The molecule has 0 aromatic heterocycles. The van der Waals surface area contributed by atoms with Gasteiger partial charge in [-0.05, 0) is 6.92 Å². The van der Waals surface area contributed by atoms with Crippen LogP contribution in [0.1, 0.15) is 13.3 Å². The fraction of sp³-hybridized carbons (Fsp3) is 0.667. The van der Waals surface area contributed by atoms with E-state index in [4.69, 9.17) is 10.2 Å². The summed E-state index contributed by atoms with van der Waals surface area (Å²) in [5.74, 6) is -0.982. The smallest absolute Gasteiger partial charge is 0.186 e. The molecule has 0 aliphatic rings. The minimum atomic E-state index is -1.33. The highest BCUT2D eigenvalue weighted by atomic mass is 16.3. The summed E-state index contributed by atoms with van der Waals surface area (Å²) < 4.78 is 0. The van der Waals surface area contributed by atoms with Gasteiger partial charge in [0.2, 0.25) is 0 Å². The first-order chi connectivity index (χ1) is 4.57. The summed E-state index contributed by atoms with van der Waals surface area (Å²) in [6.07, 6.45) is -1.54. The lowest BCUT2D eigenvalue weighted by molar-refractivity contribution is -0.133. The van der Waals surface area contributed by atoms with Gasteiger partial charge < -0.3 is 10.2 Å². The number of rotatable bonds is 4. The Hall–Kier alpha value is -0.740. The van der Waals surface area contributed by atoms with Crippen LogP contribution >= 0.6 is 0 Å². The van der Waals surface area contributed by atoms with Crippen LogP contribution in [0, 0.1) is 0 Å². The first kappa shape index (κ1) is 9.26. The lowest BCUT2D eigenvalue weighted by Crippen LogP contribution is -2.25. The first-order valence-corrected chi connectivity index (χ1v) is 2.89. The molecule has 0 saturated carbocycles. The van der Waals surface area contributed by atoms with E-state index in [0.29, 0.717) is 0 Å². The second-order valence-electron chi connectivity index (χ2n) is 2.05. The average Bonchev–Trinajstić information content (AvgIpc) is 1.85. The summed E-state index contributed by atoms with van der Waals surface area (Å²) in [6.45, 7) is 0.558. The molecule has 1 atom stereocenters. The number of ketones is 2. The van der Waals surface area contributed by atoms with Gasteiger partial charge in [0.1, 0.15) is 18.5 Å². The zero-order valence-electron chi connectivity index (χ0n) is 5.70. The van der Waals surface area contributed by atoms with Crippen LogP contribution in [-0.4, -0.2) is 34.5 Å². The van der Waals surface area contributed by atoms with E-state index in [1.807, 2.05) is 0 Å². The summed E-state index contributed by atoms with van der Waals surface area (Å²) in [5.41, 5.74) is 0. The topological polar surface area (TPSA) is 74.6 Å². The lowest BCUT2D eigenvalue weighted by Gasteiger charge is -2.02. The Bertz CT molecular complexity index is 141. The van der Waals surface area contributed by atoms with Crippen molar-refractivity contribution in [1.29, 1.82) is 0 Å². The van der Waals surface area contributed by atoms with Crippen LogP contribution in [0.15, 0.2) is 0 Å². The molecule has 2 N–H and O–H groups in total. The third-order valence-corrected chi connectivity index (χ3v) is 1.01. The highest BCUT2D eigenvalue weighted by Crippen LogP contribution is 1.93. The Labute approximate surface area is 58.5 Å². The van der Waals surface area contributed by atoms with E-state index in [9.17, 15) is 9.59 Å². The summed E-state index contributed by atoms with van der Waals surface area (Å²) in [7, 11) is 0. The molecule has 58 valence electrons. The molecule has 0 aromatic rings. The molecular weight excluding hydrogens is 136 g/mol. The maximum absolute atomic E-state index is 10.4. The van der Waals surface area contributed by atoms with E-state index in [0.717, 1.165) is 0 Å². The van der Waals surface area contributed by atoms with E-state index in [2.05, 4.69) is 0 Å². The van der Waals surface area contributed by atoms with Gasteiger partial charge >= 0.3 is 0 Å². The lowest BCUT2D eigenvalue weighted by atomic mass is 10.1. The fourth-order valence-electron chi connectivity index (χ4n) is 0.491. The fourth-order valence-corrected chi connectivity index (χ4v) is 0.491. The summed E-state index contributed by atoms with van der Waals surface area (Å²) in [4.78, 5) is 20.7. The average molecular weight is 146 g/mol. The molecule has 4 nitrogen and oxygen atoms in total. The third kappa shape index (κ3) is 3.32. The van der Waals surface area contributed by atoms with E-state index < -0.39 is 18.5 Å². The minimum Gasteiger partial charge on any atom is -0.388 e. The molecule has 0 bridgehead atoms. The van der Waals surface area contributed by atoms with Crippen molar-refractivity contribution < 1.29 is 19.8 Å². The van der Waals surface area contributed by atoms with Gasteiger partial charge in [-0.15, -0.1) is 0 Å². The summed E-state index contributed by atoms with van der Waals surface area (Å²) in [6, 6.07) is 0. The van der Waals surface area contributed by atoms with Gasteiger partial charge in [-0.2, -0.15) is 0 Å². The van der Waals surface area contributed by atoms with Crippen molar-refractivity contribution in [3.05, 3.63) is 0 Å². The van der Waals surface area contributed by atoms with Crippen molar-refractivity contribution >= 4 is 11.6 Å². The molecule has 1 unspecified atom stereocenters. The molecule has 4 heteroatoms. The zero-order valence-corrected chi connectivity index (χ0v) is 5.70. The van der Waals surface area contributed by atoms with Crippen LogP contribution in [0.25, 0.3) is 0 Å². The number of aliphatic hydroxyl groups excluding tert-OH is 2. The van der Waals surface area contributed by atoms with Crippen molar-refractivity contribution in [3.8, 4) is 0 Å². The van der Waals surface area contributed by atoms with E-state index in [1.165, 1.54) is 6.92 Å². The maximum Gasteiger partial charge on any atom is 0.186 e. The molecule has 0 heterocycles. The van der Waals surface area contributed by atoms with Gasteiger partial charge in [0.25, 0.3) is 0 Å². The quantitative estimate of drug-likeness (QED) is 0.527.